The van der Waals surface area contributed by atoms with Gasteiger partial charge in [0.1, 0.15) is 5.15 Å². The largest absolute Gasteiger partial charge is 0.351 e. The highest BCUT2D eigenvalue weighted by molar-refractivity contribution is 6.29. The van der Waals surface area contributed by atoms with Gasteiger partial charge in [-0.05, 0) is 43.7 Å². The fraction of sp³-hybridized carbons (Fsp3) is 0.571. The number of amides is 1. The molecule has 1 aliphatic rings. The van der Waals surface area contributed by atoms with E-state index in [2.05, 4.69) is 17.2 Å². The highest BCUT2D eigenvalue weighted by Crippen LogP contribution is 2.43. The topological polar surface area (TPSA) is 42.0 Å². The molecule has 0 radical (unpaired) electrons. The minimum Gasteiger partial charge on any atom is -0.351 e. The van der Waals surface area contributed by atoms with E-state index in [0.717, 1.165) is 18.7 Å². The Labute approximate surface area is 113 Å². The van der Waals surface area contributed by atoms with Crippen molar-refractivity contribution in [3.63, 3.8) is 0 Å². The van der Waals surface area contributed by atoms with Gasteiger partial charge in [-0.2, -0.15) is 0 Å². The molecule has 0 unspecified atom stereocenters. The Hall–Kier alpha value is -1.09. The van der Waals surface area contributed by atoms with Crippen LogP contribution in [-0.4, -0.2) is 17.4 Å². The van der Waals surface area contributed by atoms with E-state index in [0.29, 0.717) is 16.1 Å². The van der Waals surface area contributed by atoms with Gasteiger partial charge in [-0.1, -0.05) is 24.9 Å². The Balaban J connectivity index is 1.99. The summed E-state index contributed by atoms with van der Waals surface area (Å²) in [6.45, 7) is 4.79. The first-order valence-corrected chi connectivity index (χ1v) is 6.85. The third-order valence-corrected chi connectivity index (χ3v) is 4.17. The predicted octanol–water partition coefficient (Wildman–Crippen LogP) is 3.35. The molecule has 2 rings (SSSR count). The number of carbonyl (C=O) groups is 1. The van der Waals surface area contributed by atoms with Crippen molar-refractivity contribution in [3.05, 3.63) is 28.5 Å². The molecule has 1 aromatic heterocycles. The lowest BCUT2D eigenvalue weighted by Gasteiger charge is -2.41. The van der Waals surface area contributed by atoms with Crippen molar-refractivity contribution in [2.24, 2.45) is 5.41 Å². The normalized spacial score (nSPS) is 17.1. The van der Waals surface area contributed by atoms with Crippen molar-refractivity contribution in [2.75, 3.05) is 6.54 Å². The van der Waals surface area contributed by atoms with Gasteiger partial charge >= 0.3 is 0 Å². The molecule has 1 aliphatic carbocycles. The number of rotatable bonds is 4. The lowest BCUT2D eigenvalue weighted by molar-refractivity contribution is 0.0850. The molecule has 0 aromatic carbocycles. The van der Waals surface area contributed by atoms with E-state index in [1.807, 2.05) is 6.92 Å². The quantitative estimate of drug-likeness (QED) is 0.849. The number of pyridine rings is 1. The predicted molar refractivity (Wildman–Crippen MR) is 72.9 cm³/mol. The van der Waals surface area contributed by atoms with Crippen LogP contribution in [-0.2, 0) is 0 Å². The van der Waals surface area contributed by atoms with Gasteiger partial charge in [-0.25, -0.2) is 4.98 Å². The van der Waals surface area contributed by atoms with Gasteiger partial charge in [-0.3, -0.25) is 4.79 Å². The fourth-order valence-electron chi connectivity index (χ4n) is 2.46. The van der Waals surface area contributed by atoms with Gasteiger partial charge in [0.25, 0.3) is 5.91 Å². The van der Waals surface area contributed by atoms with Crippen LogP contribution < -0.4 is 5.32 Å². The SMILES string of the molecule is CCC1(CNC(=O)c2cc(C)nc(Cl)c2)CCC1. The van der Waals surface area contributed by atoms with Crippen molar-refractivity contribution >= 4 is 17.5 Å². The van der Waals surface area contributed by atoms with Gasteiger partial charge in [0.15, 0.2) is 0 Å². The molecular weight excluding hydrogens is 248 g/mol. The summed E-state index contributed by atoms with van der Waals surface area (Å²) in [6.07, 6.45) is 4.85. The smallest absolute Gasteiger partial charge is 0.251 e. The molecule has 0 atom stereocenters. The van der Waals surface area contributed by atoms with Gasteiger partial charge in [0, 0.05) is 17.8 Å². The van der Waals surface area contributed by atoms with Gasteiger partial charge in [0.2, 0.25) is 0 Å². The molecule has 4 heteroatoms. The van der Waals surface area contributed by atoms with Crippen LogP contribution in [0.4, 0.5) is 0 Å². The van der Waals surface area contributed by atoms with E-state index in [1.165, 1.54) is 19.3 Å². The van der Waals surface area contributed by atoms with Crippen LogP contribution in [0.5, 0.6) is 0 Å². The maximum Gasteiger partial charge on any atom is 0.251 e. The molecular formula is C14H19ClN2O. The number of nitrogens with one attached hydrogen (secondary N) is 1. The number of halogens is 1. The molecule has 0 spiro atoms. The zero-order chi connectivity index (χ0) is 13.2. The van der Waals surface area contributed by atoms with Crippen molar-refractivity contribution in [1.82, 2.24) is 10.3 Å². The summed E-state index contributed by atoms with van der Waals surface area (Å²) in [5.41, 5.74) is 1.70. The Morgan fingerprint density at radius 3 is 2.72 bits per heavy atom. The summed E-state index contributed by atoms with van der Waals surface area (Å²) in [6, 6.07) is 3.38. The summed E-state index contributed by atoms with van der Waals surface area (Å²) in [4.78, 5) is 16.1. The summed E-state index contributed by atoms with van der Waals surface area (Å²) < 4.78 is 0. The van der Waals surface area contributed by atoms with E-state index in [1.54, 1.807) is 12.1 Å². The third-order valence-electron chi connectivity index (χ3n) is 3.97. The standard InChI is InChI=1S/C14H19ClN2O/c1-3-14(5-4-6-14)9-16-13(18)11-7-10(2)17-12(15)8-11/h7-8H,3-6,9H2,1-2H3,(H,16,18). The first kappa shape index (κ1) is 13.3. The van der Waals surface area contributed by atoms with Crippen molar-refractivity contribution in [2.45, 2.75) is 39.5 Å². The van der Waals surface area contributed by atoms with Crippen LogP contribution in [0, 0.1) is 12.3 Å². The maximum atomic E-state index is 12.1. The maximum absolute atomic E-state index is 12.1. The number of nitrogens with zero attached hydrogens (tertiary/aromatic N) is 1. The van der Waals surface area contributed by atoms with E-state index in [4.69, 9.17) is 11.6 Å². The molecule has 1 fully saturated rings. The second-order valence-corrected chi connectivity index (χ2v) is 5.60. The molecule has 1 heterocycles. The number of aryl methyl sites for hydroxylation is 1. The second kappa shape index (κ2) is 5.27. The Bertz CT molecular complexity index is 429. The van der Waals surface area contributed by atoms with Crippen LogP contribution in [0.25, 0.3) is 0 Å². The first-order valence-electron chi connectivity index (χ1n) is 6.47. The van der Waals surface area contributed by atoms with Gasteiger partial charge in [0.05, 0.1) is 0 Å². The monoisotopic (exact) mass is 266 g/mol. The summed E-state index contributed by atoms with van der Waals surface area (Å²) in [5, 5.41) is 3.39. The zero-order valence-corrected chi connectivity index (χ0v) is 11.7. The van der Waals surface area contributed by atoms with Crippen molar-refractivity contribution < 1.29 is 4.79 Å². The van der Waals surface area contributed by atoms with Crippen LogP contribution in [0.3, 0.4) is 0 Å². The van der Waals surface area contributed by atoms with Crippen LogP contribution in [0.15, 0.2) is 12.1 Å². The molecule has 0 bridgehead atoms. The summed E-state index contributed by atoms with van der Waals surface area (Å²) in [7, 11) is 0. The summed E-state index contributed by atoms with van der Waals surface area (Å²) in [5.74, 6) is -0.0536. The van der Waals surface area contributed by atoms with E-state index in [9.17, 15) is 4.79 Å². The zero-order valence-electron chi connectivity index (χ0n) is 10.9. The fourth-order valence-corrected chi connectivity index (χ4v) is 2.71. The third kappa shape index (κ3) is 2.83. The average molecular weight is 267 g/mol. The Kier molecular flexibility index (Phi) is 3.91. The van der Waals surface area contributed by atoms with Crippen LogP contribution in [0.2, 0.25) is 5.15 Å². The molecule has 1 aromatic rings. The Morgan fingerprint density at radius 2 is 2.22 bits per heavy atom. The molecule has 1 amide bonds. The van der Waals surface area contributed by atoms with Gasteiger partial charge < -0.3 is 5.32 Å². The lowest BCUT2D eigenvalue weighted by atomic mass is 9.67. The van der Waals surface area contributed by atoms with Crippen LogP contribution in [0.1, 0.15) is 48.7 Å². The molecule has 0 saturated heterocycles. The van der Waals surface area contributed by atoms with E-state index in [-0.39, 0.29) is 5.91 Å². The lowest BCUT2D eigenvalue weighted by Crippen LogP contribution is -2.41. The van der Waals surface area contributed by atoms with E-state index >= 15 is 0 Å². The van der Waals surface area contributed by atoms with Crippen molar-refractivity contribution in [1.29, 1.82) is 0 Å². The molecule has 18 heavy (non-hydrogen) atoms. The number of hydrogen-bond donors (Lipinski definition) is 1. The molecule has 1 N–H and O–H groups in total. The molecule has 1 saturated carbocycles. The average Bonchev–Trinajstić information content (AvgIpc) is 2.26. The minimum atomic E-state index is -0.0536. The molecule has 3 nitrogen and oxygen atoms in total. The molecule has 98 valence electrons. The number of carbonyl (C=O) groups excluding carboxylic acids is 1. The van der Waals surface area contributed by atoms with Crippen LogP contribution >= 0.6 is 11.6 Å². The Morgan fingerprint density at radius 1 is 1.50 bits per heavy atom. The highest BCUT2D eigenvalue weighted by Gasteiger charge is 2.35. The van der Waals surface area contributed by atoms with E-state index < -0.39 is 0 Å². The molecule has 0 aliphatic heterocycles. The number of aromatic nitrogens is 1. The summed E-state index contributed by atoms with van der Waals surface area (Å²) >= 11 is 5.86. The highest BCUT2D eigenvalue weighted by atomic mass is 35.5. The van der Waals surface area contributed by atoms with Crippen molar-refractivity contribution in [3.8, 4) is 0 Å². The number of hydrogen-bond acceptors (Lipinski definition) is 2. The second-order valence-electron chi connectivity index (χ2n) is 5.21. The first-order chi connectivity index (χ1) is 8.54. The minimum absolute atomic E-state index is 0.0536. The van der Waals surface area contributed by atoms with Gasteiger partial charge in [-0.15, -0.1) is 0 Å².